The van der Waals surface area contributed by atoms with Crippen LogP contribution in [-0.2, 0) is 13.1 Å². The van der Waals surface area contributed by atoms with Gasteiger partial charge in [-0.05, 0) is 17.7 Å². The molecule has 0 saturated heterocycles. The lowest BCUT2D eigenvalue weighted by Crippen LogP contribution is -2.14. The standard InChI is InChI=1S/C14H14N4O/c1-10-17-14(18-19-10)9-15-8-11-6-7-16-13-5-3-2-4-12(11)13/h2-7,15H,8-9H2,1H3. The Morgan fingerprint density at radius 3 is 2.89 bits per heavy atom. The summed E-state index contributed by atoms with van der Waals surface area (Å²) < 4.78 is 4.93. The molecule has 0 aliphatic rings. The Balaban J connectivity index is 1.71. The molecule has 2 heterocycles. The van der Waals surface area contributed by atoms with Gasteiger partial charge in [0.1, 0.15) is 0 Å². The Morgan fingerprint density at radius 1 is 1.16 bits per heavy atom. The summed E-state index contributed by atoms with van der Waals surface area (Å²) >= 11 is 0. The van der Waals surface area contributed by atoms with Crippen molar-refractivity contribution < 1.29 is 4.52 Å². The van der Waals surface area contributed by atoms with Crippen LogP contribution in [0, 0.1) is 6.92 Å². The van der Waals surface area contributed by atoms with Gasteiger partial charge in [0.05, 0.1) is 12.1 Å². The second-order valence-electron chi connectivity index (χ2n) is 4.32. The summed E-state index contributed by atoms with van der Waals surface area (Å²) in [4.78, 5) is 8.50. The number of hydrogen-bond donors (Lipinski definition) is 1. The van der Waals surface area contributed by atoms with Crippen LogP contribution in [0.4, 0.5) is 0 Å². The smallest absolute Gasteiger partial charge is 0.223 e. The quantitative estimate of drug-likeness (QED) is 0.773. The van der Waals surface area contributed by atoms with Crippen molar-refractivity contribution >= 4 is 10.9 Å². The summed E-state index contributed by atoms with van der Waals surface area (Å²) in [5, 5.41) is 8.33. The number of benzene rings is 1. The minimum Gasteiger partial charge on any atom is -0.340 e. The van der Waals surface area contributed by atoms with E-state index in [-0.39, 0.29) is 0 Å². The third kappa shape index (κ3) is 2.61. The number of rotatable bonds is 4. The maximum absolute atomic E-state index is 4.93. The van der Waals surface area contributed by atoms with Crippen LogP contribution in [0.25, 0.3) is 10.9 Å². The minimum absolute atomic E-state index is 0.589. The highest BCUT2D eigenvalue weighted by Gasteiger charge is 2.03. The van der Waals surface area contributed by atoms with Crippen LogP contribution < -0.4 is 5.32 Å². The van der Waals surface area contributed by atoms with Crippen molar-refractivity contribution in [2.75, 3.05) is 0 Å². The molecular formula is C14H14N4O. The van der Waals surface area contributed by atoms with E-state index in [1.807, 2.05) is 30.5 Å². The second kappa shape index (κ2) is 5.16. The van der Waals surface area contributed by atoms with Gasteiger partial charge in [-0.25, -0.2) is 0 Å². The van der Waals surface area contributed by atoms with Crippen LogP contribution in [0.5, 0.6) is 0 Å². The summed E-state index contributed by atoms with van der Waals surface area (Å²) in [5.74, 6) is 1.27. The fourth-order valence-corrected chi connectivity index (χ4v) is 2.03. The number of nitrogens with one attached hydrogen (secondary N) is 1. The first kappa shape index (κ1) is 11.8. The van der Waals surface area contributed by atoms with Crippen LogP contribution in [0.2, 0.25) is 0 Å². The molecule has 19 heavy (non-hydrogen) atoms. The van der Waals surface area contributed by atoms with Gasteiger partial charge in [-0.1, -0.05) is 23.4 Å². The van der Waals surface area contributed by atoms with E-state index < -0.39 is 0 Å². The van der Waals surface area contributed by atoms with Gasteiger partial charge in [0.2, 0.25) is 5.89 Å². The highest BCUT2D eigenvalue weighted by atomic mass is 16.5. The lowest BCUT2D eigenvalue weighted by atomic mass is 10.1. The first-order valence-electron chi connectivity index (χ1n) is 6.15. The summed E-state index contributed by atoms with van der Waals surface area (Å²) in [6.07, 6.45) is 1.83. The summed E-state index contributed by atoms with van der Waals surface area (Å²) in [7, 11) is 0. The van der Waals surface area contributed by atoms with E-state index in [2.05, 4.69) is 26.5 Å². The summed E-state index contributed by atoms with van der Waals surface area (Å²) in [6.45, 7) is 3.12. The maximum Gasteiger partial charge on any atom is 0.223 e. The number of nitrogens with zero attached hydrogens (tertiary/aromatic N) is 3. The zero-order valence-corrected chi connectivity index (χ0v) is 10.6. The predicted octanol–water partition coefficient (Wildman–Crippen LogP) is 2.22. The number of aryl methyl sites for hydroxylation is 1. The molecule has 0 amide bonds. The van der Waals surface area contributed by atoms with Crippen molar-refractivity contribution in [1.82, 2.24) is 20.4 Å². The van der Waals surface area contributed by atoms with E-state index in [1.54, 1.807) is 6.92 Å². The molecule has 0 bridgehead atoms. The predicted molar refractivity (Wildman–Crippen MR) is 71.3 cm³/mol. The van der Waals surface area contributed by atoms with Gasteiger partial charge in [-0.3, -0.25) is 4.98 Å². The molecule has 0 unspecified atom stereocenters. The van der Waals surface area contributed by atoms with Crippen LogP contribution >= 0.6 is 0 Å². The normalized spacial score (nSPS) is 11.0. The number of fused-ring (bicyclic) bond motifs is 1. The molecule has 0 fully saturated rings. The average Bonchev–Trinajstić information content (AvgIpc) is 2.85. The molecular weight excluding hydrogens is 240 g/mol. The first-order chi connectivity index (χ1) is 9.33. The zero-order chi connectivity index (χ0) is 13.1. The Hall–Kier alpha value is -2.27. The fourth-order valence-electron chi connectivity index (χ4n) is 2.03. The van der Waals surface area contributed by atoms with Crippen molar-refractivity contribution in [3.05, 3.63) is 53.8 Å². The van der Waals surface area contributed by atoms with Gasteiger partial charge in [-0.15, -0.1) is 0 Å². The molecule has 5 heteroatoms. The molecule has 5 nitrogen and oxygen atoms in total. The molecule has 0 radical (unpaired) electrons. The van der Waals surface area contributed by atoms with E-state index in [0.29, 0.717) is 18.3 Å². The van der Waals surface area contributed by atoms with Crippen molar-refractivity contribution in [2.45, 2.75) is 20.0 Å². The van der Waals surface area contributed by atoms with Gasteiger partial charge < -0.3 is 9.84 Å². The molecule has 3 rings (SSSR count). The lowest BCUT2D eigenvalue weighted by molar-refractivity contribution is 0.385. The molecule has 1 N–H and O–H groups in total. The molecule has 1 aromatic carbocycles. The average molecular weight is 254 g/mol. The molecule has 0 aliphatic carbocycles. The summed E-state index contributed by atoms with van der Waals surface area (Å²) in [5.41, 5.74) is 2.23. The minimum atomic E-state index is 0.589. The van der Waals surface area contributed by atoms with Crippen LogP contribution in [0.1, 0.15) is 17.3 Å². The molecule has 3 aromatic rings. The molecule has 0 aliphatic heterocycles. The van der Waals surface area contributed by atoms with Crippen molar-refractivity contribution in [1.29, 1.82) is 0 Å². The van der Waals surface area contributed by atoms with Gasteiger partial charge >= 0.3 is 0 Å². The van der Waals surface area contributed by atoms with Gasteiger partial charge in [0.15, 0.2) is 5.82 Å². The number of aromatic nitrogens is 3. The van der Waals surface area contributed by atoms with E-state index in [1.165, 1.54) is 10.9 Å². The van der Waals surface area contributed by atoms with E-state index >= 15 is 0 Å². The van der Waals surface area contributed by atoms with Crippen LogP contribution in [-0.4, -0.2) is 15.1 Å². The van der Waals surface area contributed by atoms with Crippen molar-refractivity contribution in [2.24, 2.45) is 0 Å². The van der Waals surface area contributed by atoms with Crippen molar-refractivity contribution in [3.63, 3.8) is 0 Å². The number of pyridine rings is 1. The Bertz CT molecular complexity index is 687. The molecule has 0 spiro atoms. The summed E-state index contributed by atoms with van der Waals surface area (Å²) in [6, 6.07) is 10.1. The number of hydrogen-bond acceptors (Lipinski definition) is 5. The SMILES string of the molecule is Cc1nc(CNCc2ccnc3ccccc23)no1. The van der Waals surface area contributed by atoms with E-state index in [0.717, 1.165) is 12.1 Å². The first-order valence-corrected chi connectivity index (χ1v) is 6.15. The largest absolute Gasteiger partial charge is 0.340 e. The van der Waals surface area contributed by atoms with Crippen LogP contribution in [0.15, 0.2) is 41.1 Å². The van der Waals surface area contributed by atoms with E-state index in [4.69, 9.17) is 4.52 Å². The Labute approximate surface area is 110 Å². The molecule has 0 atom stereocenters. The molecule has 96 valence electrons. The second-order valence-corrected chi connectivity index (χ2v) is 4.32. The maximum atomic E-state index is 4.93. The zero-order valence-electron chi connectivity index (χ0n) is 10.6. The van der Waals surface area contributed by atoms with E-state index in [9.17, 15) is 0 Å². The monoisotopic (exact) mass is 254 g/mol. The van der Waals surface area contributed by atoms with Crippen LogP contribution in [0.3, 0.4) is 0 Å². The molecule has 0 saturated carbocycles. The third-order valence-corrected chi connectivity index (χ3v) is 2.91. The lowest BCUT2D eigenvalue weighted by Gasteiger charge is -2.06. The van der Waals surface area contributed by atoms with Gasteiger partial charge in [0, 0.05) is 25.1 Å². The highest BCUT2D eigenvalue weighted by molar-refractivity contribution is 5.81. The topological polar surface area (TPSA) is 63.8 Å². The number of para-hydroxylation sites is 1. The van der Waals surface area contributed by atoms with Gasteiger partial charge in [0.25, 0.3) is 0 Å². The highest BCUT2D eigenvalue weighted by Crippen LogP contribution is 2.15. The Kier molecular flexibility index (Phi) is 3.20. The molecule has 2 aromatic heterocycles. The fraction of sp³-hybridized carbons (Fsp3) is 0.214. The third-order valence-electron chi connectivity index (χ3n) is 2.91. The van der Waals surface area contributed by atoms with Gasteiger partial charge in [-0.2, -0.15) is 4.98 Å². The Morgan fingerprint density at radius 2 is 2.05 bits per heavy atom. The van der Waals surface area contributed by atoms with Crippen molar-refractivity contribution in [3.8, 4) is 0 Å².